The molecule has 0 aromatic carbocycles. The van der Waals surface area contributed by atoms with Crippen LogP contribution in [0.5, 0.6) is 0 Å². The molecule has 0 aliphatic heterocycles. The molecular formula is C11H22N4O2. The van der Waals surface area contributed by atoms with Crippen LogP contribution in [-0.2, 0) is 0 Å². The number of urea groups is 1. The van der Waals surface area contributed by atoms with E-state index in [0.29, 0.717) is 12.8 Å². The van der Waals surface area contributed by atoms with Gasteiger partial charge in [-0.3, -0.25) is 0 Å². The summed E-state index contributed by atoms with van der Waals surface area (Å²) in [7, 11) is 0. The number of nitrogens with zero attached hydrogens (tertiary/aromatic N) is 1. The summed E-state index contributed by atoms with van der Waals surface area (Å²) in [6.07, 6.45) is 4.39. The van der Waals surface area contributed by atoms with Crippen molar-refractivity contribution in [3.63, 3.8) is 0 Å². The van der Waals surface area contributed by atoms with Gasteiger partial charge in [-0.25, -0.2) is 4.79 Å². The van der Waals surface area contributed by atoms with Crippen molar-refractivity contribution in [1.82, 2.24) is 10.6 Å². The number of nitrogens with one attached hydrogen (secondary N) is 2. The summed E-state index contributed by atoms with van der Waals surface area (Å²) < 4.78 is 0. The maximum atomic E-state index is 11.8. The molecule has 5 N–H and O–H groups in total. The highest BCUT2D eigenvalue weighted by molar-refractivity contribution is 5.93. The summed E-state index contributed by atoms with van der Waals surface area (Å²) in [4.78, 5) is 11.8. The standard InChI is InChI=1S/C11H22N4O2/c1-3-11(4-2,9(12)15-17)14-10(16)13-8-6-5-7-8/h8,17H,3-7H2,1-2H3,(H2,12,15)(H2,13,14,16). The van der Waals surface area contributed by atoms with Crippen molar-refractivity contribution < 1.29 is 10.0 Å². The smallest absolute Gasteiger partial charge is 0.315 e. The molecule has 1 fully saturated rings. The van der Waals surface area contributed by atoms with Crippen LogP contribution >= 0.6 is 0 Å². The zero-order chi connectivity index (χ0) is 12.9. The summed E-state index contributed by atoms with van der Waals surface area (Å²) >= 11 is 0. The maximum absolute atomic E-state index is 11.8. The molecule has 0 spiro atoms. The van der Waals surface area contributed by atoms with Crippen LogP contribution in [0.1, 0.15) is 46.0 Å². The van der Waals surface area contributed by atoms with E-state index in [1.54, 1.807) is 0 Å². The average molecular weight is 242 g/mol. The number of hydrogen-bond donors (Lipinski definition) is 4. The van der Waals surface area contributed by atoms with Crippen molar-refractivity contribution in [3.8, 4) is 0 Å². The molecule has 0 bridgehead atoms. The summed E-state index contributed by atoms with van der Waals surface area (Å²) in [5.74, 6) is 0.0475. The Labute approximate surface area is 102 Å². The van der Waals surface area contributed by atoms with E-state index in [4.69, 9.17) is 10.9 Å². The first-order chi connectivity index (χ1) is 8.07. The third kappa shape index (κ3) is 3.01. The van der Waals surface area contributed by atoms with Crippen molar-refractivity contribution in [2.24, 2.45) is 10.9 Å². The number of nitrogens with two attached hydrogens (primary N) is 1. The summed E-state index contributed by atoms with van der Waals surface area (Å²) in [5, 5.41) is 17.5. The second kappa shape index (κ2) is 5.75. The van der Waals surface area contributed by atoms with Crippen LogP contribution in [0.2, 0.25) is 0 Å². The average Bonchev–Trinajstić information content (AvgIpc) is 2.30. The molecule has 0 aromatic heterocycles. The van der Waals surface area contributed by atoms with Crippen LogP contribution in [0.3, 0.4) is 0 Å². The highest BCUT2D eigenvalue weighted by atomic mass is 16.4. The van der Waals surface area contributed by atoms with Gasteiger partial charge in [-0.2, -0.15) is 0 Å². The molecule has 0 atom stereocenters. The minimum atomic E-state index is -0.761. The van der Waals surface area contributed by atoms with Crippen LogP contribution < -0.4 is 16.4 Å². The highest BCUT2D eigenvalue weighted by Gasteiger charge is 2.34. The first-order valence-corrected chi connectivity index (χ1v) is 6.14. The Bertz CT molecular complexity index is 296. The molecule has 0 unspecified atom stereocenters. The lowest BCUT2D eigenvalue weighted by atomic mass is 9.91. The molecule has 1 saturated carbocycles. The molecule has 0 radical (unpaired) electrons. The highest BCUT2D eigenvalue weighted by Crippen LogP contribution is 2.19. The van der Waals surface area contributed by atoms with E-state index >= 15 is 0 Å². The Balaban J connectivity index is 2.61. The van der Waals surface area contributed by atoms with Gasteiger partial charge in [0.15, 0.2) is 5.84 Å². The summed E-state index contributed by atoms with van der Waals surface area (Å²) in [5.41, 5.74) is 4.89. The quantitative estimate of drug-likeness (QED) is 0.252. The van der Waals surface area contributed by atoms with Gasteiger partial charge in [0, 0.05) is 6.04 Å². The van der Waals surface area contributed by atoms with Gasteiger partial charge in [-0.15, -0.1) is 0 Å². The van der Waals surface area contributed by atoms with E-state index in [0.717, 1.165) is 19.3 Å². The van der Waals surface area contributed by atoms with Crippen molar-refractivity contribution in [1.29, 1.82) is 0 Å². The van der Waals surface area contributed by atoms with Crippen molar-refractivity contribution in [2.75, 3.05) is 0 Å². The predicted octanol–water partition coefficient (Wildman–Crippen LogP) is 1.14. The third-order valence-electron chi connectivity index (χ3n) is 3.60. The van der Waals surface area contributed by atoms with Crippen LogP contribution in [0.4, 0.5) is 4.79 Å². The maximum Gasteiger partial charge on any atom is 0.315 e. The number of carbonyl (C=O) groups is 1. The predicted molar refractivity (Wildman–Crippen MR) is 66.0 cm³/mol. The van der Waals surface area contributed by atoms with E-state index in [-0.39, 0.29) is 17.9 Å². The Kier molecular flexibility index (Phi) is 4.60. The van der Waals surface area contributed by atoms with Gasteiger partial charge in [0.25, 0.3) is 0 Å². The fraction of sp³-hybridized carbons (Fsp3) is 0.818. The van der Waals surface area contributed by atoms with E-state index < -0.39 is 5.54 Å². The monoisotopic (exact) mass is 242 g/mol. The topological polar surface area (TPSA) is 99.7 Å². The molecule has 6 nitrogen and oxygen atoms in total. The SMILES string of the molecule is CCC(CC)(NC(=O)NC1CCC1)C(N)=NO. The lowest BCUT2D eigenvalue weighted by molar-refractivity contribution is 0.218. The first-order valence-electron chi connectivity index (χ1n) is 6.14. The zero-order valence-corrected chi connectivity index (χ0v) is 10.5. The second-order valence-electron chi connectivity index (χ2n) is 4.50. The molecule has 0 heterocycles. The molecule has 1 aliphatic rings. The summed E-state index contributed by atoms with van der Waals surface area (Å²) in [6.45, 7) is 3.79. The van der Waals surface area contributed by atoms with Crippen molar-refractivity contribution in [2.45, 2.75) is 57.5 Å². The molecule has 98 valence electrons. The number of amides is 2. The van der Waals surface area contributed by atoms with Crippen molar-refractivity contribution >= 4 is 11.9 Å². The van der Waals surface area contributed by atoms with Crippen LogP contribution in [0.15, 0.2) is 5.16 Å². The lowest BCUT2D eigenvalue weighted by Gasteiger charge is -2.33. The van der Waals surface area contributed by atoms with Gasteiger partial charge < -0.3 is 21.6 Å². The fourth-order valence-electron chi connectivity index (χ4n) is 1.94. The number of oxime groups is 1. The van der Waals surface area contributed by atoms with Crippen LogP contribution in [-0.4, -0.2) is 28.7 Å². The second-order valence-corrected chi connectivity index (χ2v) is 4.50. The third-order valence-corrected chi connectivity index (χ3v) is 3.60. The van der Waals surface area contributed by atoms with Gasteiger partial charge in [0.1, 0.15) is 5.54 Å². The Hall–Kier alpha value is -1.46. The van der Waals surface area contributed by atoms with Crippen molar-refractivity contribution in [3.05, 3.63) is 0 Å². The zero-order valence-electron chi connectivity index (χ0n) is 10.5. The molecule has 1 aliphatic carbocycles. The van der Waals surface area contributed by atoms with Gasteiger partial charge in [0.2, 0.25) is 0 Å². The molecule has 1 rings (SSSR count). The van der Waals surface area contributed by atoms with E-state index in [9.17, 15) is 4.79 Å². The Morgan fingerprint density at radius 1 is 1.47 bits per heavy atom. The normalized spacial score (nSPS) is 17.4. The number of hydrogen-bond acceptors (Lipinski definition) is 3. The summed E-state index contributed by atoms with van der Waals surface area (Å²) in [6, 6.07) is 0.0266. The van der Waals surface area contributed by atoms with E-state index in [2.05, 4.69) is 15.8 Å². The van der Waals surface area contributed by atoms with Gasteiger partial charge in [-0.05, 0) is 32.1 Å². The fourth-order valence-corrected chi connectivity index (χ4v) is 1.94. The van der Waals surface area contributed by atoms with Gasteiger partial charge in [-0.1, -0.05) is 19.0 Å². The minimum Gasteiger partial charge on any atom is -0.409 e. The molecular weight excluding hydrogens is 220 g/mol. The van der Waals surface area contributed by atoms with Crippen LogP contribution in [0, 0.1) is 0 Å². The molecule has 6 heteroatoms. The van der Waals surface area contributed by atoms with Gasteiger partial charge in [0.05, 0.1) is 0 Å². The minimum absolute atomic E-state index is 0.0475. The number of amidine groups is 1. The first kappa shape index (κ1) is 13.6. The number of carbonyl (C=O) groups excluding carboxylic acids is 1. The lowest BCUT2D eigenvalue weighted by Crippen LogP contribution is -2.60. The van der Waals surface area contributed by atoms with E-state index in [1.807, 2.05) is 13.8 Å². The molecule has 17 heavy (non-hydrogen) atoms. The number of rotatable bonds is 5. The Morgan fingerprint density at radius 3 is 2.41 bits per heavy atom. The van der Waals surface area contributed by atoms with E-state index in [1.165, 1.54) is 0 Å². The van der Waals surface area contributed by atoms with Gasteiger partial charge >= 0.3 is 6.03 Å². The molecule has 0 aromatic rings. The molecule has 2 amide bonds. The Morgan fingerprint density at radius 2 is 2.06 bits per heavy atom. The molecule has 0 saturated heterocycles. The largest absolute Gasteiger partial charge is 0.409 e. The van der Waals surface area contributed by atoms with Crippen LogP contribution in [0.25, 0.3) is 0 Å².